The van der Waals surface area contributed by atoms with Crippen LogP contribution in [0.4, 0.5) is 10.1 Å². The summed E-state index contributed by atoms with van der Waals surface area (Å²) in [5, 5.41) is 2.82. The molecule has 1 aliphatic carbocycles. The van der Waals surface area contributed by atoms with Gasteiger partial charge in [-0.15, -0.1) is 12.4 Å². The summed E-state index contributed by atoms with van der Waals surface area (Å²) in [6.07, 6.45) is 5.97. The van der Waals surface area contributed by atoms with Crippen LogP contribution >= 0.6 is 12.4 Å². The van der Waals surface area contributed by atoms with Crippen LogP contribution in [0.1, 0.15) is 44.1 Å². The molecule has 2 rings (SSSR count). The highest BCUT2D eigenvalue weighted by Crippen LogP contribution is 2.38. The Kier molecular flexibility index (Phi) is 6.62. The van der Waals surface area contributed by atoms with E-state index in [0.29, 0.717) is 24.2 Å². The maximum Gasteiger partial charge on any atom is 0.224 e. The molecule has 1 fully saturated rings. The highest BCUT2D eigenvalue weighted by atomic mass is 35.5. The summed E-state index contributed by atoms with van der Waals surface area (Å²) in [6, 6.07) is 4.73. The fraction of sp³-hybridized carbons (Fsp3) is 0.562. The summed E-state index contributed by atoms with van der Waals surface area (Å²) < 4.78 is 13.5. The van der Waals surface area contributed by atoms with Gasteiger partial charge in [0.1, 0.15) is 5.82 Å². The molecule has 3 nitrogen and oxygen atoms in total. The van der Waals surface area contributed by atoms with Crippen molar-refractivity contribution < 1.29 is 9.18 Å². The van der Waals surface area contributed by atoms with Gasteiger partial charge in [-0.25, -0.2) is 4.39 Å². The molecule has 21 heavy (non-hydrogen) atoms. The number of nitrogens with one attached hydrogen (secondary N) is 1. The Hall–Kier alpha value is -1.13. The van der Waals surface area contributed by atoms with Crippen LogP contribution < -0.4 is 11.1 Å². The van der Waals surface area contributed by atoms with E-state index >= 15 is 0 Å². The summed E-state index contributed by atoms with van der Waals surface area (Å²) in [5.41, 5.74) is 6.86. The fourth-order valence-electron chi connectivity index (χ4n) is 3.03. The van der Waals surface area contributed by atoms with Crippen molar-refractivity contribution in [1.82, 2.24) is 0 Å². The molecule has 0 atom stereocenters. The molecule has 3 N–H and O–H groups in total. The molecule has 0 saturated heterocycles. The van der Waals surface area contributed by atoms with Crippen LogP contribution in [0.5, 0.6) is 0 Å². The third-order valence-electron chi connectivity index (χ3n) is 4.42. The van der Waals surface area contributed by atoms with Crippen molar-refractivity contribution in [3.63, 3.8) is 0 Å². The van der Waals surface area contributed by atoms with Crippen molar-refractivity contribution in [3.05, 3.63) is 29.6 Å². The molecule has 0 bridgehead atoms. The quantitative estimate of drug-likeness (QED) is 0.888. The van der Waals surface area contributed by atoms with Gasteiger partial charge in [0.05, 0.1) is 0 Å². The second-order valence-electron chi connectivity index (χ2n) is 5.90. The standard InChI is InChI=1S/C16H23FN2O.ClH/c1-12-13(17)6-5-7-14(12)19-15(20)10-16(11-18)8-3-2-4-9-16;/h5-7H,2-4,8-11,18H2,1H3,(H,19,20);1H. The topological polar surface area (TPSA) is 55.1 Å². The number of anilines is 1. The van der Waals surface area contributed by atoms with Gasteiger partial charge in [0, 0.05) is 17.7 Å². The molecule has 1 saturated carbocycles. The zero-order valence-corrected chi connectivity index (χ0v) is 13.3. The lowest BCUT2D eigenvalue weighted by molar-refractivity contribution is -0.118. The van der Waals surface area contributed by atoms with Crippen LogP contribution in [0.3, 0.4) is 0 Å². The van der Waals surface area contributed by atoms with E-state index in [1.165, 1.54) is 12.5 Å². The van der Waals surface area contributed by atoms with Crippen molar-refractivity contribution in [3.8, 4) is 0 Å². The Balaban J connectivity index is 0.00000220. The normalized spacial score (nSPS) is 16.9. The molecule has 1 aliphatic rings. The third kappa shape index (κ3) is 4.42. The third-order valence-corrected chi connectivity index (χ3v) is 4.42. The molecular weight excluding hydrogens is 291 g/mol. The highest BCUT2D eigenvalue weighted by molar-refractivity contribution is 5.92. The minimum Gasteiger partial charge on any atom is -0.330 e. The number of amides is 1. The van der Waals surface area contributed by atoms with E-state index < -0.39 is 0 Å². The number of benzene rings is 1. The second kappa shape index (κ2) is 7.76. The number of hydrogen-bond acceptors (Lipinski definition) is 2. The van der Waals surface area contributed by atoms with E-state index in [1.54, 1.807) is 19.1 Å². The molecular formula is C16H24ClFN2O. The number of rotatable bonds is 4. The van der Waals surface area contributed by atoms with Crippen molar-refractivity contribution in [2.75, 3.05) is 11.9 Å². The first-order chi connectivity index (χ1) is 9.56. The Morgan fingerprint density at radius 2 is 2.00 bits per heavy atom. The Morgan fingerprint density at radius 3 is 2.62 bits per heavy atom. The predicted octanol–water partition coefficient (Wildman–Crippen LogP) is 3.79. The average Bonchev–Trinajstić information content (AvgIpc) is 2.45. The Bertz CT molecular complexity index is 487. The van der Waals surface area contributed by atoms with E-state index in [1.807, 2.05) is 0 Å². The lowest BCUT2D eigenvalue weighted by atomic mass is 9.71. The molecule has 1 aromatic rings. The lowest BCUT2D eigenvalue weighted by Gasteiger charge is -2.35. The molecule has 1 aromatic carbocycles. The summed E-state index contributed by atoms with van der Waals surface area (Å²) in [6.45, 7) is 2.22. The number of halogens is 2. The first kappa shape index (κ1) is 17.9. The number of carbonyl (C=O) groups is 1. The minimum atomic E-state index is -0.297. The maximum atomic E-state index is 13.5. The summed E-state index contributed by atoms with van der Waals surface area (Å²) in [4.78, 5) is 12.2. The van der Waals surface area contributed by atoms with Gasteiger partial charge in [0.2, 0.25) is 5.91 Å². The van der Waals surface area contributed by atoms with Gasteiger partial charge < -0.3 is 11.1 Å². The maximum absolute atomic E-state index is 13.5. The zero-order valence-electron chi connectivity index (χ0n) is 12.5. The number of hydrogen-bond donors (Lipinski definition) is 2. The van der Waals surface area contributed by atoms with Crippen LogP contribution in [0.15, 0.2) is 18.2 Å². The van der Waals surface area contributed by atoms with Crippen molar-refractivity contribution >= 4 is 24.0 Å². The molecule has 0 radical (unpaired) electrons. The molecule has 0 aliphatic heterocycles. The molecule has 0 aromatic heterocycles. The zero-order chi connectivity index (χ0) is 14.6. The molecule has 0 spiro atoms. The largest absolute Gasteiger partial charge is 0.330 e. The predicted molar refractivity (Wildman–Crippen MR) is 86.2 cm³/mol. The van der Waals surface area contributed by atoms with Crippen LogP contribution in [-0.2, 0) is 4.79 Å². The van der Waals surface area contributed by atoms with Gasteiger partial charge in [0.15, 0.2) is 0 Å². The van der Waals surface area contributed by atoms with Gasteiger partial charge in [-0.2, -0.15) is 0 Å². The Morgan fingerprint density at radius 1 is 1.33 bits per heavy atom. The average molecular weight is 315 g/mol. The Labute approximate surface area is 131 Å². The highest BCUT2D eigenvalue weighted by Gasteiger charge is 2.33. The van der Waals surface area contributed by atoms with Crippen molar-refractivity contribution in [2.24, 2.45) is 11.1 Å². The van der Waals surface area contributed by atoms with Gasteiger partial charge in [-0.05, 0) is 43.9 Å². The van der Waals surface area contributed by atoms with Crippen molar-refractivity contribution in [1.29, 1.82) is 0 Å². The van der Waals surface area contributed by atoms with Crippen LogP contribution in [0, 0.1) is 18.2 Å². The summed E-state index contributed by atoms with van der Waals surface area (Å²) in [7, 11) is 0. The van der Waals surface area contributed by atoms with E-state index in [0.717, 1.165) is 25.7 Å². The molecule has 1 amide bonds. The number of carbonyl (C=O) groups excluding carboxylic acids is 1. The van der Waals surface area contributed by atoms with Gasteiger partial charge in [-0.3, -0.25) is 4.79 Å². The molecule has 0 unspecified atom stereocenters. The van der Waals surface area contributed by atoms with Crippen molar-refractivity contribution in [2.45, 2.75) is 45.4 Å². The molecule has 118 valence electrons. The molecule has 5 heteroatoms. The first-order valence-corrected chi connectivity index (χ1v) is 7.31. The van der Waals surface area contributed by atoms with E-state index in [2.05, 4.69) is 5.32 Å². The second-order valence-corrected chi connectivity index (χ2v) is 5.90. The smallest absolute Gasteiger partial charge is 0.224 e. The lowest BCUT2D eigenvalue weighted by Crippen LogP contribution is -2.36. The van der Waals surface area contributed by atoms with E-state index in [-0.39, 0.29) is 29.5 Å². The summed E-state index contributed by atoms with van der Waals surface area (Å²) >= 11 is 0. The van der Waals surface area contributed by atoms with Crippen LogP contribution in [0.25, 0.3) is 0 Å². The first-order valence-electron chi connectivity index (χ1n) is 7.31. The van der Waals surface area contributed by atoms with E-state index in [4.69, 9.17) is 5.73 Å². The van der Waals surface area contributed by atoms with Gasteiger partial charge in [-0.1, -0.05) is 25.3 Å². The van der Waals surface area contributed by atoms with Crippen LogP contribution in [-0.4, -0.2) is 12.5 Å². The monoisotopic (exact) mass is 314 g/mol. The minimum absolute atomic E-state index is 0. The van der Waals surface area contributed by atoms with E-state index in [9.17, 15) is 9.18 Å². The van der Waals surface area contributed by atoms with Gasteiger partial charge in [0.25, 0.3) is 0 Å². The molecule has 0 heterocycles. The SMILES string of the molecule is Cc1c(F)cccc1NC(=O)CC1(CN)CCCCC1.Cl. The van der Waals surface area contributed by atoms with Crippen LogP contribution in [0.2, 0.25) is 0 Å². The van der Waals surface area contributed by atoms with Gasteiger partial charge >= 0.3 is 0 Å². The fourth-order valence-corrected chi connectivity index (χ4v) is 3.03. The number of nitrogens with two attached hydrogens (primary N) is 1. The summed E-state index contributed by atoms with van der Waals surface area (Å²) in [5.74, 6) is -0.361.